The Balaban J connectivity index is 1.65. The summed E-state index contributed by atoms with van der Waals surface area (Å²) in [5.41, 5.74) is 3.41. The number of pyridine rings is 1. The first-order valence-electron chi connectivity index (χ1n) is 10.2. The van der Waals surface area contributed by atoms with Crippen molar-refractivity contribution in [3.8, 4) is 11.4 Å². The van der Waals surface area contributed by atoms with E-state index in [0.29, 0.717) is 6.54 Å². The van der Waals surface area contributed by atoms with Crippen molar-refractivity contribution < 1.29 is 0 Å². The number of aromatic nitrogens is 3. The third kappa shape index (κ3) is 5.00. The topological polar surface area (TPSA) is 53.9 Å². The van der Waals surface area contributed by atoms with Crippen molar-refractivity contribution in [1.82, 2.24) is 15.0 Å². The summed E-state index contributed by atoms with van der Waals surface area (Å²) in [5.74, 6) is 2.44. The molecule has 5 heteroatoms. The Bertz CT molecular complexity index is 1050. The maximum atomic E-state index is 4.89. The van der Waals surface area contributed by atoms with E-state index in [1.54, 1.807) is 12.4 Å². The molecule has 0 saturated heterocycles. The zero-order chi connectivity index (χ0) is 20.6. The first-order valence-corrected chi connectivity index (χ1v) is 10.2. The molecular weight excluding hydrogens is 370 g/mol. The average Bonchev–Trinajstić information content (AvgIpc) is 2.83. The molecule has 0 fully saturated rings. The van der Waals surface area contributed by atoms with Crippen LogP contribution in [-0.4, -0.2) is 21.5 Å². The van der Waals surface area contributed by atoms with Gasteiger partial charge in [0.25, 0.3) is 0 Å². The maximum Gasteiger partial charge on any atom is 0.163 e. The largest absolute Gasteiger partial charge is 0.366 e. The molecule has 2 aromatic carbocycles. The van der Waals surface area contributed by atoms with Crippen LogP contribution in [-0.2, 0) is 13.1 Å². The molecule has 1 N–H and O–H groups in total. The van der Waals surface area contributed by atoms with Gasteiger partial charge in [-0.2, -0.15) is 0 Å². The number of rotatable bonds is 8. The van der Waals surface area contributed by atoms with Gasteiger partial charge < -0.3 is 10.2 Å². The lowest BCUT2D eigenvalue weighted by atomic mass is 10.2. The molecule has 0 bridgehead atoms. The second kappa shape index (κ2) is 9.65. The van der Waals surface area contributed by atoms with Crippen LogP contribution >= 0.6 is 0 Å². The number of hydrogen-bond acceptors (Lipinski definition) is 5. The first-order chi connectivity index (χ1) is 14.8. The van der Waals surface area contributed by atoms with Gasteiger partial charge in [-0.1, -0.05) is 60.7 Å². The molecular formula is C25H25N5. The quantitative estimate of drug-likeness (QED) is 0.446. The highest BCUT2D eigenvalue weighted by Crippen LogP contribution is 2.24. The van der Waals surface area contributed by atoms with Crippen LogP contribution in [0.3, 0.4) is 0 Å². The summed E-state index contributed by atoms with van der Waals surface area (Å²) < 4.78 is 0. The van der Waals surface area contributed by atoms with Crippen molar-refractivity contribution in [2.45, 2.75) is 20.0 Å². The predicted octanol–water partition coefficient (Wildman–Crippen LogP) is 5.18. The predicted molar refractivity (Wildman–Crippen MR) is 122 cm³/mol. The van der Waals surface area contributed by atoms with Crippen LogP contribution in [0.5, 0.6) is 0 Å². The molecule has 0 aliphatic rings. The second-order valence-electron chi connectivity index (χ2n) is 7.01. The van der Waals surface area contributed by atoms with Gasteiger partial charge in [0.15, 0.2) is 5.82 Å². The molecule has 0 unspecified atom stereocenters. The van der Waals surface area contributed by atoms with E-state index in [0.717, 1.165) is 41.7 Å². The lowest BCUT2D eigenvalue weighted by Crippen LogP contribution is -2.23. The molecule has 0 atom stereocenters. The van der Waals surface area contributed by atoms with E-state index < -0.39 is 0 Å². The molecule has 4 aromatic rings. The molecule has 0 radical (unpaired) electrons. The zero-order valence-electron chi connectivity index (χ0n) is 17.1. The number of nitrogens with zero attached hydrogens (tertiary/aromatic N) is 4. The molecule has 0 spiro atoms. The molecule has 0 amide bonds. The van der Waals surface area contributed by atoms with Crippen molar-refractivity contribution >= 4 is 11.6 Å². The van der Waals surface area contributed by atoms with Gasteiger partial charge in [0.1, 0.15) is 11.6 Å². The number of benzene rings is 2. The smallest absolute Gasteiger partial charge is 0.163 e. The van der Waals surface area contributed by atoms with Gasteiger partial charge in [0.05, 0.1) is 0 Å². The lowest BCUT2D eigenvalue weighted by molar-refractivity contribution is 0.811. The molecule has 2 heterocycles. The minimum Gasteiger partial charge on any atom is -0.366 e. The minimum absolute atomic E-state index is 0.679. The standard InChI is InChI=1S/C25H25N5/c1-2-30(19-21-9-5-3-6-10-21)24-17-23(27-18-20-13-15-26-16-14-20)28-25(29-24)22-11-7-4-8-12-22/h3-17H,2,18-19H2,1H3,(H,27,28,29). The summed E-state index contributed by atoms with van der Waals surface area (Å²) >= 11 is 0. The Morgan fingerprint density at radius 3 is 2.20 bits per heavy atom. The highest BCUT2D eigenvalue weighted by atomic mass is 15.2. The molecule has 2 aromatic heterocycles. The summed E-state index contributed by atoms with van der Waals surface area (Å²) in [6.07, 6.45) is 3.60. The highest BCUT2D eigenvalue weighted by molar-refractivity contribution is 5.62. The van der Waals surface area contributed by atoms with Gasteiger partial charge in [-0.05, 0) is 30.2 Å². The molecule has 4 rings (SSSR count). The summed E-state index contributed by atoms with van der Waals surface area (Å²) in [6.45, 7) is 4.48. The Labute approximate surface area is 177 Å². The maximum absolute atomic E-state index is 4.89. The third-order valence-corrected chi connectivity index (χ3v) is 4.89. The Kier molecular flexibility index (Phi) is 6.30. The normalized spacial score (nSPS) is 10.6. The second-order valence-corrected chi connectivity index (χ2v) is 7.01. The van der Waals surface area contributed by atoms with Crippen molar-refractivity contribution in [1.29, 1.82) is 0 Å². The van der Waals surface area contributed by atoms with E-state index in [2.05, 4.69) is 46.4 Å². The molecule has 0 saturated carbocycles. The van der Waals surface area contributed by atoms with Crippen molar-refractivity contribution in [3.63, 3.8) is 0 Å². The van der Waals surface area contributed by atoms with Gasteiger partial charge >= 0.3 is 0 Å². The summed E-state index contributed by atoms with van der Waals surface area (Å²) in [5, 5.41) is 3.45. The van der Waals surface area contributed by atoms with Gasteiger partial charge in [-0.3, -0.25) is 4.98 Å². The number of nitrogens with one attached hydrogen (secondary N) is 1. The van der Waals surface area contributed by atoms with E-state index >= 15 is 0 Å². The van der Waals surface area contributed by atoms with Crippen LogP contribution in [0.1, 0.15) is 18.1 Å². The van der Waals surface area contributed by atoms with Crippen LogP contribution in [0.2, 0.25) is 0 Å². The SMILES string of the molecule is CCN(Cc1ccccc1)c1cc(NCc2ccncc2)nc(-c2ccccc2)n1. The van der Waals surface area contributed by atoms with E-state index in [-0.39, 0.29) is 0 Å². The molecule has 150 valence electrons. The van der Waals surface area contributed by atoms with Crippen molar-refractivity contribution in [2.75, 3.05) is 16.8 Å². The van der Waals surface area contributed by atoms with Crippen LogP contribution in [0.4, 0.5) is 11.6 Å². The number of anilines is 2. The summed E-state index contributed by atoms with van der Waals surface area (Å²) in [7, 11) is 0. The van der Waals surface area contributed by atoms with Gasteiger partial charge in [0.2, 0.25) is 0 Å². The molecule has 0 aliphatic carbocycles. The van der Waals surface area contributed by atoms with Crippen molar-refractivity contribution in [3.05, 3.63) is 102 Å². The average molecular weight is 396 g/mol. The fourth-order valence-electron chi connectivity index (χ4n) is 3.26. The molecule has 0 aliphatic heterocycles. The van der Waals surface area contributed by atoms with E-state index in [9.17, 15) is 0 Å². The van der Waals surface area contributed by atoms with E-state index in [1.165, 1.54) is 5.56 Å². The Morgan fingerprint density at radius 1 is 0.800 bits per heavy atom. The Hall–Kier alpha value is -3.73. The van der Waals surface area contributed by atoms with Crippen molar-refractivity contribution in [2.24, 2.45) is 0 Å². The molecule has 5 nitrogen and oxygen atoms in total. The fourth-order valence-corrected chi connectivity index (χ4v) is 3.26. The monoisotopic (exact) mass is 395 g/mol. The lowest BCUT2D eigenvalue weighted by Gasteiger charge is -2.23. The van der Waals surface area contributed by atoms with Crippen LogP contribution in [0.15, 0.2) is 91.3 Å². The van der Waals surface area contributed by atoms with Crippen LogP contribution in [0, 0.1) is 0 Å². The van der Waals surface area contributed by atoms with Crippen LogP contribution in [0.25, 0.3) is 11.4 Å². The minimum atomic E-state index is 0.679. The molecule has 30 heavy (non-hydrogen) atoms. The van der Waals surface area contributed by atoms with Gasteiger partial charge in [-0.15, -0.1) is 0 Å². The highest BCUT2D eigenvalue weighted by Gasteiger charge is 2.12. The van der Waals surface area contributed by atoms with Gasteiger partial charge in [0, 0.05) is 43.7 Å². The van der Waals surface area contributed by atoms with E-state index in [1.807, 2.05) is 54.6 Å². The summed E-state index contributed by atoms with van der Waals surface area (Å²) in [6, 6.07) is 26.6. The van der Waals surface area contributed by atoms with Gasteiger partial charge in [-0.25, -0.2) is 9.97 Å². The van der Waals surface area contributed by atoms with Crippen LogP contribution < -0.4 is 10.2 Å². The first kappa shape index (κ1) is 19.6. The Morgan fingerprint density at radius 2 is 1.50 bits per heavy atom. The zero-order valence-corrected chi connectivity index (χ0v) is 17.1. The van der Waals surface area contributed by atoms with E-state index in [4.69, 9.17) is 9.97 Å². The summed E-state index contributed by atoms with van der Waals surface area (Å²) in [4.78, 5) is 16.0. The fraction of sp³-hybridized carbons (Fsp3) is 0.160. The number of hydrogen-bond donors (Lipinski definition) is 1. The third-order valence-electron chi connectivity index (χ3n) is 4.89.